The van der Waals surface area contributed by atoms with Crippen molar-refractivity contribution in [3.8, 4) is 0 Å². The molecule has 0 amide bonds. The summed E-state index contributed by atoms with van der Waals surface area (Å²) in [6.07, 6.45) is 9.09. The van der Waals surface area contributed by atoms with Gasteiger partial charge in [0.2, 0.25) is 0 Å². The van der Waals surface area contributed by atoms with Crippen molar-refractivity contribution >= 4 is 48.3 Å². The highest BCUT2D eigenvalue weighted by Gasteiger charge is 2.18. The standard InChI is InChI=1S/C18H36N2O4.3C7H8O3S.C6H13NO2.C6H14O2/c1-13(2)11-15(19)17(21)23-9-7-5-6-8-10-24-18(22)16(20)12-14(3)4;3*1-6-2-4-7(5-3-6)11(8,9)10;1-4(2)3-5(7)6(8)9;7-5-3-1-2-4-6-8/h13-16H,5-12,19-20H2,1-4H3;3*2-5H,1H3,(H,8,9,10);4-5H,3,7H2,1-2H3,(H,8,9);7-8H,1-6H2. The van der Waals surface area contributed by atoms with E-state index in [4.69, 9.17) is 55.7 Å². The maximum atomic E-state index is 11.6. The van der Waals surface area contributed by atoms with Crippen molar-refractivity contribution in [2.45, 2.75) is 166 Å². The van der Waals surface area contributed by atoms with Gasteiger partial charge in [0, 0.05) is 13.2 Å². The van der Waals surface area contributed by atoms with E-state index in [-0.39, 0.29) is 39.8 Å². The van der Waals surface area contributed by atoms with Crippen molar-refractivity contribution in [3.05, 3.63) is 89.5 Å². The molecule has 0 heterocycles. The fraction of sp³-hybridized carbons (Fsp3) is 0.588. The van der Waals surface area contributed by atoms with E-state index >= 15 is 0 Å². The van der Waals surface area contributed by atoms with E-state index in [2.05, 4.69) is 0 Å². The average Bonchev–Trinajstić information content (AvgIpc) is 3.28. The van der Waals surface area contributed by atoms with E-state index in [9.17, 15) is 39.6 Å². The van der Waals surface area contributed by atoms with Gasteiger partial charge in [0.25, 0.3) is 30.4 Å². The number of carbonyl (C=O) groups excluding carboxylic acids is 2. The van der Waals surface area contributed by atoms with Crippen molar-refractivity contribution in [2.24, 2.45) is 35.0 Å². The summed E-state index contributed by atoms with van der Waals surface area (Å²) in [6.45, 7) is 18.9. The number of unbranched alkanes of at least 4 members (excludes halogenated alkanes) is 6. The minimum atomic E-state index is -4.02. The van der Waals surface area contributed by atoms with Gasteiger partial charge in [0.15, 0.2) is 0 Å². The molecular weight excluding hydrogens is 1020 g/mol. The quantitative estimate of drug-likeness (QED) is 0.0246. The molecule has 12 N–H and O–H groups in total. The number of hydrogen-bond acceptors (Lipinski definition) is 16. The van der Waals surface area contributed by atoms with E-state index in [0.717, 1.165) is 68.1 Å². The second-order valence-electron chi connectivity index (χ2n) is 18.5. The number of aryl methyl sites for hydroxylation is 3. The Morgan fingerprint density at radius 2 is 0.662 bits per heavy atom. The number of aliphatic carboxylic acids is 1. The third kappa shape index (κ3) is 42.9. The van der Waals surface area contributed by atoms with Crippen molar-refractivity contribution in [2.75, 3.05) is 26.4 Å². The maximum Gasteiger partial charge on any atom is 0.322 e. The van der Waals surface area contributed by atoms with Crippen LogP contribution in [0.25, 0.3) is 0 Å². The lowest BCUT2D eigenvalue weighted by atomic mass is 10.1. The number of ether oxygens (including phenoxy) is 2. The van der Waals surface area contributed by atoms with E-state index in [0.29, 0.717) is 50.2 Å². The van der Waals surface area contributed by atoms with E-state index in [1.54, 1.807) is 36.4 Å². The first-order chi connectivity index (χ1) is 34.2. The molecule has 3 unspecified atom stereocenters. The van der Waals surface area contributed by atoms with Crippen LogP contribution in [0, 0.1) is 38.5 Å². The first-order valence-electron chi connectivity index (χ1n) is 24.4. The third-order valence-corrected chi connectivity index (χ3v) is 12.3. The number of esters is 2. The Bertz CT molecular complexity index is 2080. The first kappa shape index (κ1) is 73.8. The van der Waals surface area contributed by atoms with Crippen LogP contribution in [-0.2, 0) is 54.2 Å². The normalized spacial score (nSPS) is 12.3. The van der Waals surface area contributed by atoms with Crippen LogP contribution in [0.5, 0.6) is 0 Å². The topological polar surface area (TPSA) is 372 Å². The molecule has 20 nitrogen and oxygen atoms in total. The zero-order valence-electron chi connectivity index (χ0n) is 44.6. The van der Waals surface area contributed by atoms with E-state index in [1.807, 2.05) is 62.3 Å². The van der Waals surface area contributed by atoms with Crippen LogP contribution in [0.1, 0.15) is 129 Å². The van der Waals surface area contributed by atoms with Crippen LogP contribution < -0.4 is 17.2 Å². The molecule has 3 rings (SSSR count). The molecule has 0 aliphatic heterocycles. The molecule has 426 valence electrons. The monoisotopic (exact) mass is 1110 g/mol. The van der Waals surface area contributed by atoms with Gasteiger partial charge in [-0.25, -0.2) is 0 Å². The summed E-state index contributed by atoms with van der Waals surface area (Å²) in [7, 11) is -12.1. The number of aliphatic hydroxyl groups excluding tert-OH is 2. The highest BCUT2D eigenvalue weighted by molar-refractivity contribution is 7.86. The van der Waals surface area contributed by atoms with Gasteiger partial charge in [-0.3, -0.25) is 28.0 Å². The Labute approximate surface area is 441 Å². The van der Waals surface area contributed by atoms with Crippen molar-refractivity contribution < 1.29 is 78.1 Å². The van der Waals surface area contributed by atoms with Crippen LogP contribution in [-0.4, -0.2) is 117 Å². The summed E-state index contributed by atoms with van der Waals surface area (Å²) in [5.74, 6) is -0.443. The molecule has 0 spiro atoms. The Morgan fingerprint density at radius 1 is 0.432 bits per heavy atom. The van der Waals surface area contributed by atoms with Crippen molar-refractivity contribution in [1.82, 2.24) is 0 Å². The first-order valence-corrected chi connectivity index (χ1v) is 28.7. The van der Waals surface area contributed by atoms with Crippen LogP contribution in [0.4, 0.5) is 0 Å². The molecule has 0 aliphatic rings. The van der Waals surface area contributed by atoms with Crippen LogP contribution >= 0.6 is 0 Å². The largest absolute Gasteiger partial charge is 0.480 e. The summed E-state index contributed by atoms with van der Waals surface area (Å²) >= 11 is 0. The average molecular weight is 1110 g/mol. The van der Waals surface area contributed by atoms with E-state index < -0.39 is 54.4 Å². The van der Waals surface area contributed by atoms with Gasteiger partial charge in [-0.15, -0.1) is 0 Å². The summed E-state index contributed by atoms with van der Waals surface area (Å²) in [5, 5.41) is 24.9. The van der Waals surface area contributed by atoms with Gasteiger partial charge >= 0.3 is 17.9 Å². The predicted octanol–water partition coefficient (Wildman–Crippen LogP) is 7.08. The minimum Gasteiger partial charge on any atom is -0.480 e. The second-order valence-corrected chi connectivity index (χ2v) is 22.8. The smallest absolute Gasteiger partial charge is 0.322 e. The predicted molar refractivity (Wildman–Crippen MR) is 286 cm³/mol. The van der Waals surface area contributed by atoms with Crippen LogP contribution in [0.3, 0.4) is 0 Å². The Kier molecular flexibility index (Phi) is 40.8. The molecule has 0 saturated heterocycles. The molecule has 0 saturated carbocycles. The fourth-order valence-electron chi connectivity index (χ4n) is 5.64. The molecule has 0 radical (unpaired) electrons. The molecule has 0 aromatic heterocycles. The molecule has 74 heavy (non-hydrogen) atoms. The number of rotatable bonds is 24. The van der Waals surface area contributed by atoms with Gasteiger partial charge in [0.05, 0.1) is 27.9 Å². The number of carbonyl (C=O) groups is 3. The Morgan fingerprint density at radius 3 is 0.851 bits per heavy atom. The molecule has 3 atom stereocenters. The zero-order chi connectivity index (χ0) is 57.7. The summed E-state index contributed by atoms with van der Waals surface area (Å²) in [4.78, 5) is 33.1. The highest BCUT2D eigenvalue weighted by Crippen LogP contribution is 2.12. The Hall–Kier alpha value is -4.40. The summed E-state index contributed by atoms with van der Waals surface area (Å²) in [5.41, 5.74) is 19.6. The molecule has 0 aliphatic carbocycles. The van der Waals surface area contributed by atoms with Crippen LogP contribution in [0.15, 0.2) is 87.5 Å². The van der Waals surface area contributed by atoms with E-state index in [1.165, 1.54) is 36.4 Å². The third-order valence-electron chi connectivity index (χ3n) is 9.65. The number of carboxylic acids is 1. The number of benzene rings is 3. The number of carboxylic acid groups (broad SMARTS) is 1. The molecule has 23 heteroatoms. The second kappa shape index (κ2) is 40.9. The summed E-state index contributed by atoms with van der Waals surface area (Å²) < 4.78 is 99.0. The Balaban J connectivity index is -0.000000861. The van der Waals surface area contributed by atoms with Gasteiger partial charge in [-0.1, -0.05) is 107 Å². The van der Waals surface area contributed by atoms with Crippen molar-refractivity contribution in [3.63, 3.8) is 0 Å². The fourth-order valence-corrected chi connectivity index (χ4v) is 7.08. The number of nitrogens with two attached hydrogens (primary N) is 3. The lowest BCUT2D eigenvalue weighted by Gasteiger charge is -2.14. The lowest BCUT2D eigenvalue weighted by Crippen LogP contribution is -2.33. The molecule has 0 fully saturated rings. The lowest BCUT2D eigenvalue weighted by molar-refractivity contribution is -0.146. The number of hydrogen-bond donors (Lipinski definition) is 9. The molecule has 3 aromatic rings. The van der Waals surface area contributed by atoms with Crippen LogP contribution in [0.2, 0.25) is 0 Å². The number of aliphatic hydroxyl groups is 2. The maximum absolute atomic E-state index is 11.6. The molecule has 3 aromatic carbocycles. The van der Waals surface area contributed by atoms with Crippen molar-refractivity contribution in [1.29, 1.82) is 0 Å². The zero-order valence-corrected chi connectivity index (χ0v) is 47.1. The SMILES string of the molecule is CC(C)CC(N)C(=O)O.CC(C)CC(N)C(=O)OCCCCCCOC(=O)C(N)CC(C)C.Cc1ccc(S(=O)(=O)O)cc1.Cc1ccc(S(=O)(=O)O)cc1.Cc1ccc(S(=O)(=O)O)cc1.OCCCCCCO. The van der Waals surface area contributed by atoms with Gasteiger partial charge < -0.3 is 42.0 Å². The van der Waals surface area contributed by atoms with Gasteiger partial charge in [-0.2, -0.15) is 25.3 Å². The van der Waals surface area contributed by atoms with Gasteiger partial charge in [0.1, 0.15) is 18.1 Å². The summed E-state index contributed by atoms with van der Waals surface area (Å²) in [6, 6.07) is 16.2. The molecular formula is C51H87N3O17S3. The minimum absolute atomic E-state index is 0.0666. The van der Waals surface area contributed by atoms with Gasteiger partial charge in [-0.05, 0) is 133 Å². The highest BCUT2D eigenvalue weighted by atomic mass is 32.2. The molecule has 0 bridgehead atoms.